The summed E-state index contributed by atoms with van der Waals surface area (Å²) in [4.78, 5) is 14.5. The molecule has 0 radical (unpaired) electrons. The Bertz CT molecular complexity index is 1010. The third kappa shape index (κ3) is 4.25. The Balaban J connectivity index is 1.35. The topological polar surface area (TPSA) is 64.8 Å². The lowest BCUT2D eigenvalue weighted by molar-refractivity contribution is -0.0339. The summed E-state index contributed by atoms with van der Waals surface area (Å²) in [6.45, 7) is 6.75. The van der Waals surface area contributed by atoms with Crippen LogP contribution in [0.4, 0.5) is 4.79 Å². The van der Waals surface area contributed by atoms with Gasteiger partial charge in [0.05, 0.1) is 28.8 Å². The van der Waals surface area contributed by atoms with Gasteiger partial charge < -0.3 is 18.9 Å². The fourth-order valence-electron chi connectivity index (χ4n) is 4.91. The van der Waals surface area contributed by atoms with Gasteiger partial charge in [-0.15, -0.1) is 0 Å². The number of ether oxygens (including phenoxy) is 2. The molecule has 0 N–H and O–H groups in total. The van der Waals surface area contributed by atoms with Crippen LogP contribution in [-0.4, -0.2) is 40.4 Å². The van der Waals surface area contributed by atoms with Crippen molar-refractivity contribution in [3.8, 4) is 11.3 Å². The van der Waals surface area contributed by atoms with Gasteiger partial charge in [-0.25, -0.2) is 4.79 Å². The first-order valence-corrected chi connectivity index (χ1v) is 12.0. The van der Waals surface area contributed by atoms with Crippen LogP contribution in [0.15, 0.2) is 22.7 Å². The minimum absolute atomic E-state index is 0.0337. The number of hydrogen-bond donors (Lipinski definition) is 0. The van der Waals surface area contributed by atoms with Gasteiger partial charge in [0, 0.05) is 23.6 Å². The van der Waals surface area contributed by atoms with E-state index >= 15 is 0 Å². The fraction of sp³-hybridized carbons (Fsp3) is 0.583. The summed E-state index contributed by atoms with van der Waals surface area (Å²) in [5.74, 6) is 1.68. The third-order valence-electron chi connectivity index (χ3n) is 6.46. The molecule has 8 heteroatoms. The molecule has 5 rings (SSSR count). The average Bonchev–Trinajstić information content (AvgIpc) is 3.16. The van der Waals surface area contributed by atoms with Crippen LogP contribution in [0.25, 0.3) is 11.3 Å². The first-order valence-electron chi connectivity index (χ1n) is 11.3. The van der Waals surface area contributed by atoms with Crippen LogP contribution in [0.1, 0.15) is 63.7 Å². The quantitative estimate of drug-likeness (QED) is 0.494. The lowest BCUT2D eigenvalue weighted by Crippen LogP contribution is -2.47. The van der Waals surface area contributed by atoms with Crippen molar-refractivity contribution < 1.29 is 18.8 Å². The number of carbonyl (C=O) groups excluding carboxylic acids is 1. The summed E-state index contributed by atoms with van der Waals surface area (Å²) in [6.07, 6.45) is 3.75. The third-order valence-corrected chi connectivity index (χ3v) is 7.09. The van der Waals surface area contributed by atoms with Crippen molar-refractivity contribution in [2.75, 3.05) is 6.54 Å². The molecule has 172 valence electrons. The van der Waals surface area contributed by atoms with Gasteiger partial charge in [-0.3, -0.25) is 0 Å². The minimum Gasteiger partial charge on any atom is -0.444 e. The van der Waals surface area contributed by atoms with Crippen molar-refractivity contribution in [3.63, 3.8) is 0 Å². The monoisotopic (exact) mass is 478 g/mol. The second kappa shape index (κ2) is 8.23. The van der Waals surface area contributed by atoms with Gasteiger partial charge in [0.15, 0.2) is 0 Å². The summed E-state index contributed by atoms with van der Waals surface area (Å²) in [5, 5.41) is 5.40. The highest BCUT2D eigenvalue weighted by molar-refractivity contribution is 6.39. The normalized spacial score (nSPS) is 24.9. The molecule has 32 heavy (non-hydrogen) atoms. The van der Waals surface area contributed by atoms with Crippen LogP contribution in [0.3, 0.4) is 0 Å². The second-order valence-corrected chi connectivity index (χ2v) is 10.9. The number of likely N-dealkylation sites (tertiary alicyclic amines) is 1. The summed E-state index contributed by atoms with van der Waals surface area (Å²) in [6, 6.07) is 5.44. The summed E-state index contributed by atoms with van der Waals surface area (Å²) < 4.78 is 17.8. The number of carbonyl (C=O) groups is 1. The largest absolute Gasteiger partial charge is 0.444 e. The Hall–Kier alpha value is -1.76. The predicted molar refractivity (Wildman–Crippen MR) is 122 cm³/mol. The van der Waals surface area contributed by atoms with Crippen molar-refractivity contribution in [2.45, 2.75) is 76.7 Å². The van der Waals surface area contributed by atoms with Gasteiger partial charge in [-0.2, -0.15) is 0 Å². The number of benzene rings is 1. The highest BCUT2D eigenvalue weighted by atomic mass is 35.5. The molecule has 1 aliphatic heterocycles. The van der Waals surface area contributed by atoms with E-state index in [4.69, 9.17) is 37.2 Å². The van der Waals surface area contributed by atoms with Crippen molar-refractivity contribution in [1.29, 1.82) is 0 Å². The standard InChI is InChI=1S/C24H28Cl2N2O4/c1-24(2,3)31-23(29)28-11-13-9-18(28)19(10-13)30-12-15-21(27-32-22(15)14-7-8-14)20-16(25)5-4-6-17(20)26/h4-6,13-14,18-19H,7-12H2,1-3H3/t13-,18+,19+/m0/s1. The molecule has 1 amide bonds. The van der Waals surface area contributed by atoms with Gasteiger partial charge in [0.2, 0.25) is 0 Å². The SMILES string of the molecule is CC(C)(C)OC(=O)N1C[C@H]2C[C@@H]1[C@H](OCc1c(-c3c(Cl)cccc3Cl)noc1C1CC1)C2. The fourth-order valence-corrected chi connectivity index (χ4v) is 5.49. The van der Waals surface area contributed by atoms with Crippen LogP contribution < -0.4 is 0 Å². The van der Waals surface area contributed by atoms with Crippen LogP contribution in [-0.2, 0) is 16.1 Å². The first kappa shape index (κ1) is 22.1. The van der Waals surface area contributed by atoms with Crippen molar-refractivity contribution >= 4 is 29.3 Å². The molecule has 0 unspecified atom stereocenters. The van der Waals surface area contributed by atoms with E-state index in [-0.39, 0.29) is 18.2 Å². The van der Waals surface area contributed by atoms with Crippen molar-refractivity contribution in [3.05, 3.63) is 39.6 Å². The van der Waals surface area contributed by atoms with E-state index in [9.17, 15) is 4.79 Å². The molecule has 1 aromatic heterocycles. The molecular weight excluding hydrogens is 451 g/mol. The van der Waals surface area contributed by atoms with Crippen LogP contribution in [0.5, 0.6) is 0 Å². The molecule has 3 atom stereocenters. The molecule has 3 aliphatic rings. The Labute approximate surface area is 198 Å². The molecule has 3 fully saturated rings. The number of amides is 1. The maximum absolute atomic E-state index is 12.7. The van der Waals surface area contributed by atoms with Gasteiger partial charge in [-0.05, 0) is 64.5 Å². The molecular formula is C24H28Cl2N2O4. The molecule has 2 aliphatic carbocycles. The number of halogens is 2. The number of piperidine rings is 1. The van der Waals surface area contributed by atoms with E-state index < -0.39 is 5.60 Å². The zero-order valence-electron chi connectivity index (χ0n) is 18.6. The van der Waals surface area contributed by atoms with Gasteiger partial charge in [0.1, 0.15) is 17.1 Å². The second-order valence-electron chi connectivity index (χ2n) is 10.1. The lowest BCUT2D eigenvalue weighted by atomic mass is 10.0. The average molecular weight is 479 g/mol. The summed E-state index contributed by atoms with van der Waals surface area (Å²) in [5.41, 5.74) is 1.72. The Kier molecular flexibility index (Phi) is 5.67. The maximum Gasteiger partial charge on any atom is 0.410 e. The van der Waals surface area contributed by atoms with Crippen LogP contribution in [0, 0.1) is 5.92 Å². The summed E-state index contributed by atoms with van der Waals surface area (Å²) >= 11 is 12.9. The Morgan fingerprint density at radius 2 is 1.94 bits per heavy atom. The van der Waals surface area contributed by atoms with Crippen LogP contribution in [0.2, 0.25) is 10.0 Å². The first-order chi connectivity index (χ1) is 15.2. The summed E-state index contributed by atoms with van der Waals surface area (Å²) in [7, 11) is 0. The number of fused-ring (bicyclic) bond motifs is 2. The molecule has 2 saturated carbocycles. The molecule has 2 bridgehead atoms. The molecule has 2 heterocycles. The van der Waals surface area contributed by atoms with Gasteiger partial charge in [-0.1, -0.05) is 34.4 Å². The molecule has 2 aromatic rings. The van der Waals surface area contributed by atoms with Crippen LogP contribution >= 0.6 is 23.2 Å². The van der Waals surface area contributed by atoms with E-state index in [2.05, 4.69) is 5.16 Å². The lowest BCUT2D eigenvalue weighted by Gasteiger charge is -2.34. The molecule has 1 aromatic carbocycles. The smallest absolute Gasteiger partial charge is 0.410 e. The van der Waals surface area contributed by atoms with Gasteiger partial charge >= 0.3 is 6.09 Å². The van der Waals surface area contributed by atoms with E-state index in [1.165, 1.54) is 0 Å². The maximum atomic E-state index is 12.7. The number of aromatic nitrogens is 1. The minimum atomic E-state index is -0.514. The van der Waals surface area contributed by atoms with E-state index in [0.29, 0.717) is 39.7 Å². The Morgan fingerprint density at radius 1 is 1.22 bits per heavy atom. The zero-order chi connectivity index (χ0) is 22.6. The zero-order valence-corrected chi connectivity index (χ0v) is 20.1. The highest BCUT2D eigenvalue weighted by Gasteiger charge is 2.49. The molecule has 6 nitrogen and oxygen atoms in total. The number of rotatable bonds is 5. The number of hydrogen-bond acceptors (Lipinski definition) is 5. The van der Waals surface area contributed by atoms with Gasteiger partial charge in [0.25, 0.3) is 0 Å². The number of nitrogens with zero attached hydrogens (tertiary/aromatic N) is 2. The van der Waals surface area contributed by atoms with E-state index in [0.717, 1.165) is 43.6 Å². The predicted octanol–water partition coefficient (Wildman–Crippen LogP) is 6.44. The Morgan fingerprint density at radius 3 is 2.56 bits per heavy atom. The molecule has 1 saturated heterocycles. The molecule has 0 spiro atoms. The van der Waals surface area contributed by atoms with E-state index in [1.807, 2.05) is 31.7 Å². The van der Waals surface area contributed by atoms with Crippen molar-refractivity contribution in [1.82, 2.24) is 10.1 Å². The van der Waals surface area contributed by atoms with E-state index in [1.54, 1.807) is 12.1 Å². The van der Waals surface area contributed by atoms with Crippen molar-refractivity contribution in [2.24, 2.45) is 5.92 Å². The highest BCUT2D eigenvalue weighted by Crippen LogP contribution is 2.47.